The Morgan fingerprint density at radius 2 is 2.00 bits per heavy atom. The third-order valence-electron chi connectivity index (χ3n) is 2.81. The van der Waals surface area contributed by atoms with Crippen molar-refractivity contribution in [3.8, 4) is 0 Å². The van der Waals surface area contributed by atoms with Crippen LogP contribution in [0.5, 0.6) is 0 Å². The predicted molar refractivity (Wildman–Crippen MR) is 65.7 cm³/mol. The molecule has 0 amide bonds. The van der Waals surface area contributed by atoms with Crippen molar-refractivity contribution in [3.63, 3.8) is 0 Å². The minimum atomic E-state index is -5.61. The number of hydrogen-bond donors (Lipinski definition) is 1. The van der Waals surface area contributed by atoms with Crippen LogP contribution in [0.4, 0.5) is 8.78 Å². The average Bonchev–Trinajstić information content (AvgIpc) is 2.78. The molecule has 5 nitrogen and oxygen atoms in total. The Bertz CT molecular complexity index is 666. The first-order chi connectivity index (χ1) is 9.22. The lowest BCUT2D eigenvalue weighted by Crippen LogP contribution is -2.35. The van der Waals surface area contributed by atoms with E-state index in [4.69, 9.17) is 4.55 Å². The van der Waals surface area contributed by atoms with Crippen molar-refractivity contribution in [2.24, 2.45) is 0 Å². The second-order valence-corrected chi connectivity index (χ2v) is 5.73. The Morgan fingerprint density at radius 3 is 2.65 bits per heavy atom. The fraction of sp³-hybridized carbons (Fsp3) is 0.250. The van der Waals surface area contributed by atoms with E-state index in [1.807, 2.05) is 0 Å². The van der Waals surface area contributed by atoms with Gasteiger partial charge in [-0.1, -0.05) is 36.4 Å². The van der Waals surface area contributed by atoms with E-state index in [0.717, 1.165) is 5.56 Å². The minimum absolute atomic E-state index is 0.590. The van der Waals surface area contributed by atoms with E-state index >= 15 is 0 Å². The van der Waals surface area contributed by atoms with Crippen LogP contribution >= 0.6 is 0 Å². The second kappa shape index (κ2) is 4.95. The molecule has 0 saturated carbocycles. The van der Waals surface area contributed by atoms with Gasteiger partial charge in [-0.05, 0) is 11.1 Å². The molecule has 0 aromatic heterocycles. The number of halogens is 2. The summed E-state index contributed by atoms with van der Waals surface area (Å²) in [6.45, 7) is -1.73. The Hall–Kier alpha value is -1.80. The lowest BCUT2D eigenvalue weighted by molar-refractivity contribution is -0.150. The number of carbonyl (C=O) groups excluding carboxylic acids is 1. The molecule has 8 heteroatoms. The van der Waals surface area contributed by atoms with Crippen molar-refractivity contribution in [3.05, 3.63) is 41.5 Å². The molecule has 0 bridgehead atoms. The first-order valence-corrected chi connectivity index (χ1v) is 6.95. The van der Waals surface area contributed by atoms with Crippen LogP contribution in [0, 0.1) is 0 Å². The standard InChI is InChI=1S/C12H10F2O5S/c13-12(14,20(16,17)18)7-19-11(15)10-6-5-8-3-1-2-4-9(8)10/h1-6,10H,7H2,(H,16,17,18). The number of alkyl halides is 2. The molecule has 1 aromatic rings. The van der Waals surface area contributed by atoms with Crippen LogP contribution in [0.15, 0.2) is 30.3 Å². The highest BCUT2D eigenvalue weighted by molar-refractivity contribution is 7.86. The van der Waals surface area contributed by atoms with Gasteiger partial charge in [0.2, 0.25) is 0 Å². The molecule has 20 heavy (non-hydrogen) atoms. The largest absolute Gasteiger partial charge is 0.457 e. The van der Waals surface area contributed by atoms with Crippen LogP contribution in [0.3, 0.4) is 0 Å². The van der Waals surface area contributed by atoms with Crippen LogP contribution in [0.1, 0.15) is 17.0 Å². The molecule has 0 fully saturated rings. The first kappa shape index (κ1) is 14.6. The van der Waals surface area contributed by atoms with E-state index in [0.29, 0.717) is 5.56 Å². The fourth-order valence-electron chi connectivity index (χ4n) is 1.77. The normalized spacial score (nSPS) is 17.9. The van der Waals surface area contributed by atoms with Gasteiger partial charge in [0, 0.05) is 0 Å². The number of benzene rings is 1. The molecule has 0 spiro atoms. The number of esters is 1. The molecular formula is C12H10F2O5S. The number of ether oxygens (including phenoxy) is 1. The van der Waals surface area contributed by atoms with Crippen LogP contribution < -0.4 is 0 Å². The van der Waals surface area contributed by atoms with E-state index in [1.165, 1.54) is 6.08 Å². The SMILES string of the molecule is O=C(OCC(F)(F)S(=O)(=O)O)C1C=Cc2ccccc21. The van der Waals surface area contributed by atoms with Gasteiger partial charge in [0.15, 0.2) is 6.61 Å². The minimum Gasteiger partial charge on any atom is -0.457 e. The van der Waals surface area contributed by atoms with Crippen LogP contribution in [0.2, 0.25) is 0 Å². The maximum atomic E-state index is 12.9. The molecule has 1 atom stereocenters. The molecule has 1 unspecified atom stereocenters. The number of fused-ring (bicyclic) bond motifs is 1. The summed E-state index contributed by atoms with van der Waals surface area (Å²) in [6, 6.07) is 6.82. The van der Waals surface area contributed by atoms with Crippen LogP contribution in [-0.2, 0) is 19.6 Å². The number of hydrogen-bond acceptors (Lipinski definition) is 4. The molecule has 0 aliphatic heterocycles. The van der Waals surface area contributed by atoms with Crippen molar-refractivity contribution in [1.82, 2.24) is 0 Å². The summed E-state index contributed by atoms with van der Waals surface area (Å²) >= 11 is 0. The van der Waals surface area contributed by atoms with Crippen molar-refractivity contribution in [2.45, 2.75) is 11.2 Å². The summed E-state index contributed by atoms with van der Waals surface area (Å²) in [5, 5.41) is -4.52. The second-order valence-electron chi connectivity index (χ2n) is 4.19. The number of carbonyl (C=O) groups is 1. The van der Waals surface area contributed by atoms with E-state index in [9.17, 15) is 22.0 Å². The molecule has 0 heterocycles. The highest BCUT2D eigenvalue weighted by Crippen LogP contribution is 2.31. The fourth-order valence-corrected chi connectivity index (χ4v) is 1.98. The van der Waals surface area contributed by atoms with Crippen molar-refractivity contribution in [2.75, 3.05) is 6.61 Å². The van der Waals surface area contributed by atoms with Crippen LogP contribution in [0.25, 0.3) is 6.08 Å². The predicted octanol–water partition coefficient (Wildman–Crippen LogP) is 1.82. The van der Waals surface area contributed by atoms with E-state index in [1.54, 1.807) is 30.3 Å². The Balaban J connectivity index is 2.07. The van der Waals surface area contributed by atoms with Crippen molar-refractivity contribution in [1.29, 1.82) is 0 Å². The van der Waals surface area contributed by atoms with E-state index in [2.05, 4.69) is 4.74 Å². The Labute approximate surface area is 113 Å². The van der Waals surface area contributed by atoms with Gasteiger partial charge < -0.3 is 4.74 Å². The summed E-state index contributed by atoms with van der Waals surface area (Å²) in [5.74, 6) is -1.86. The molecular weight excluding hydrogens is 294 g/mol. The molecule has 108 valence electrons. The zero-order chi connectivity index (χ0) is 15.0. The summed E-state index contributed by atoms with van der Waals surface area (Å²) < 4.78 is 59.2. The summed E-state index contributed by atoms with van der Waals surface area (Å²) in [5.41, 5.74) is 1.35. The molecule has 1 N–H and O–H groups in total. The van der Waals surface area contributed by atoms with E-state index in [-0.39, 0.29) is 0 Å². The zero-order valence-corrected chi connectivity index (χ0v) is 10.8. The van der Waals surface area contributed by atoms with Gasteiger partial charge in [0.1, 0.15) is 5.92 Å². The van der Waals surface area contributed by atoms with Gasteiger partial charge in [-0.3, -0.25) is 9.35 Å². The van der Waals surface area contributed by atoms with Crippen LogP contribution in [-0.4, -0.2) is 30.8 Å². The van der Waals surface area contributed by atoms with Gasteiger partial charge in [-0.2, -0.15) is 17.2 Å². The molecule has 1 aromatic carbocycles. The summed E-state index contributed by atoms with van der Waals surface area (Å²) in [7, 11) is -5.61. The lowest BCUT2D eigenvalue weighted by atomic mass is 10.0. The zero-order valence-electron chi connectivity index (χ0n) is 9.99. The quantitative estimate of drug-likeness (QED) is 0.678. The molecule has 0 radical (unpaired) electrons. The summed E-state index contributed by atoms with van der Waals surface area (Å²) in [6.07, 6.45) is 3.11. The smallest absolute Gasteiger partial charge is 0.402 e. The molecule has 1 aliphatic carbocycles. The van der Waals surface area contributed by atoms with Gasteiger partial charge in [-0.25, -0.2) is 0 Å². The maximum Gasteiger partial charge on any atom is 0.402 e. The molecule has 0 saturated heterocycles. The maximum absolute atomic E-state index is 12.9. The Morgan fingerprint density at radius 1 is 1.35 bits per heavy atom. The monoisotopic (exact) mass is 304 g/mol. The number of rotatable bonds is 4. The van der Waals surface area contributed by atoms with Crippen molar-refractivity contribution >= 4 is 22.2 Å². The Kier molecular flexibility index (Phi) is 3.61. The van der Waals surface area contributed by atoms with Gasteiger partial charge in [0.25, 0.3) is 0 Å². The highest BCUT2D eigenvalue weighted by Gasteiger charge is 2.46. The average molecular weight is 304 g/mol. The highest BCUT2D eigenvalue weighted by atomic mass is 32.2. The topological polar surface area (TPSA) is 80.7 Å². The lowest BCUT2D eigenvalue weighted by Gasteiger charge is -2.15. The third kappa shape index (κ3) is 2.70. The van der Waals surface area contributed by atoms with E-state index < -0.39 is 33.9 Å². The molecule has 2 rings (SSSR count). The van der Waals surface area contributed by atoms with Gasteiger partial charge in [0.05, 0.1) is 0 Å². The van der Waals surface area contributed by atoms with Crippen molar-refractivity contribution < 1.29 is 31.3 Å². The molecule has 1 aliphatic rings. The summed E-state index contributed by atoms with van der Waals surface area (Å²) in [4.78, 5) is 11.7. The van der Waals surface area contributed by atoms with Gasteiger partial charge >= 0.3 is 21.3 Å². The van der Waals surface area contributed by atoms with Gasteiger partial charge in [-0.15, -0.1) is 0 Å². The first-order valence-electron chi connectivity index (χ1n) is 5.51. The third-order valence-corrected chi connectivity index (χ3v) is 3.69.